The molecular formula is C18H15FN4O3S. The van der Waals surface area contributed by atoms with Crippen molar-refractivity contribution >= 4 is 27.3 Å². The Hall–Kier alpha value is -3.33. The van der Waals surface area contributed by atoms with Crippen LogP contribution in [0.15, 0.2) is 65.8 Å². The minimum atomic E-state index is -3.84. The van der Waals surface area contributed by atoms with Gasteiger partial charge >= 0.3 is 0 Å². The molecule has 1 heterocycles. The fourth-order valence-electron chi connectivity index (χ4n) is 2.15. The quantitative estimate of drug-likeness (QED) is 0.702. The highest BCUT2D eigenvalue weighted by Crippen LogP contribution is 2.19. The van der Waals surface area contributed by atoms with Crippen LogP contribution < -0.4 is 10.0 Å². The highest BCUT2D eigenvalue weighted by Gasteiger charge is 2.14. The van der Waals surface area contributed by atoms with Crippen molar-refractivity contribution in [3.8, 4) is 0 Å². The Morgan fingerprint density at radius 3 is 2.15 bits per heavy atom. The summed E-state index contributed by atoms with van der Waals surface area (Å²) in [6.45, 7) is 1.76. The molecule has 3 aromatic rings. The average molecular weight is 386 g/mol. The molecule has 0 spiro atoms. The fraction of sp³-hybridized carbons (Fsp3) is 0.0556. The summed E-state index contributed by atoms with van der Waals surface area (Å²) in [5, 5.41) is 2.65. The third-order valence-electron chi connectivity index (χ3n) is 3.53. The first-order valence-electron chi connectivity index (χ1n) is 7.82. The number of benzene rings is 2. The van der Waals surface area contributed by atoms with Gasteiger partial charge < -0.3 is 5.32 Å². The van der Waals surface area contributed by atoms with E-state index < -0.39 is 21.7 Å². The number of halogens is 1. The molecule has 2 aromatic carbocycles. The van der Waals surface area contributed by atoms with Crippen molar-refractivity contribution in [1.82, 2.24) is 9.97 Å². The van der Waals surface area contributed by atoms with E-state index in [9.17, 15) is 17.6 Å². The lowest BCUT2D eigenvalue weighted by atomic mass is 10.3. The molecule has 0 fully saturated rings. The maximum absolute atomic E-state index is 12.9. The van der Waals surface area contributed by atoms with Gasteiger partial charge in [-0.25, -0.2) is 17.8 Å². The monoisotopic (exact) mass is 386 g/mol. The number of hydrogen-bond donors (Lipinski definition) is 2. The predicted molar refractivity (Wildman–Crippen MR) is 98.4 cm³/mol. The van der Waals surface area contributed by atoms with Crippen molar-refractivity contribution in [3.05, 3.63) is 78.1 Å². The highest BCUT2D eigenvalue weighted by atomic mass is 32.2. The number of nitrogens with zero attached hydrogens (tertiary/aromatic N) is 2. The van der Waals surface area contributed by atoms with Gasteiger partial charge in [0.25, 0.3) is 15.9 Å². The van der Waals surface area contributed by atoms with E-state index in [0.717, 1.165) is 12.1 Å². The molecule has 0 saturated carbocycles. The minimum Gasteiger partial charge on any atom is -0.321 e. The number of amides is 1. The lowest BCUT2D eigenvalue weighted by Crippen LogP contribution is -2.15. The van der Waals surface area contributed by atoms with Crippen LogP contribution in [0, 0.1) is 12.7 Å². The van der Waals surface area contributed by atoms with Crippen molar-refractivity contribution in [3.63, 3.8) is 0 Å². The van der Waals surface area contributed by atoms with Gasteiger partial charge in [0.2, 0.25) is 0 Å². The van der Waals surface area contributed by atoms with E-state index in [1.807, 2.05) is 0 Å². The van der Waals surface area contributed by atoms with Crippen molar-refractivity contribution in [1.29, 1.82) is 0 Å². The van der Waals surface area contributed by atoms with Crippen LogP contribution in [0.5, 0.6) is 0 Å². The number of aromatic nitrogens is 2. The molecule has 0 radical (unpaired) electrons. The van der Waals surface area contributed by atoms with Crippen molar-refractivity contribution in [2.45, 2.75) is 11.8 Å². The summed E-state index contributed by atoms with van der Waals surface area (Å²) < 4.78 is 39.9. The maximum atomic E-state index is 12.9. The van der Waals surface area contributed by atoms with Crippen LogP contribution in [-0.4, -0.2) is 24.3 Å². The third-order valence-corrected chi connectivity index (χ3v) is 4.93. The summed E-state index contributed by atoms with van der Waals surface area (Å²) in [7, 11) is -3.84. The fourth-order valence-corrected chi connectivity index (χ4v) is 3.21. The first kappa shape index (κ1) is 18.5. The zero-order chi connectivity index (χ0) is 19.4. The van der Waals surface area contributed by atoms with Crippen LogP contribution in [0.4, 0.5) is 15.8 Å². The highest BCUT2D eigenvalue weighted by molar-refractivity contribution is 7.92. The van der Waals surface area contributed by atoms with Gasteiger partial charge in [-0.15, -0.1) is 0 Å². The number of nitrogens with one attached hydrogen (secondary N) is 2. The molecule has 3 rings (SSSR count). The first-order chi connectivity index (χ1) is 12.8. The minimum absolute atomic E-state index is 0.0563. The summed E-state index contributed by atoms with van der Waals surface area (Å²) in [4.78, 5) is 20.0. The normalized spacial score (nSPS) is 11.0. The molecular weight excluding hydrogens is 371 g/mol. The third kappa shape index (κ3) is 4.64. The number of sulfonamides is 1. The summed E-state index contributed by atoms with van der Waals surface area (Å²) in [6, 6.07) is 10.6. The number of carbonyl (C=O) groups is 1. The van der Waals surface area contributed by atoms with Crippen LogP contribution in [0.2, 0.25) is 0 Å². The Labute approximate surface area is 155 Å². The molecule has 0 saturated heterocycles. The molecule has 0 bridgehead atoms. The van der Waals surface area contributed by atoms with Gasteiger partial charge in [0.15, 0.2) is 0 Å². The summed E-state index contributed by atoms with van der Waals surface area (Å²) in [5.74, 6) is -0.950. The van der Waals surface area contributed by atoms with Gasteiger partial charge in [-0.3, -0.25) is 14.5 Å². The number of hydrogen-bond acceptors (Lipinski definition) is 5. The van der Waals surface area contributed by atoms with E-state index in [1.54, 1.807) is 19.1 Å². The number of anilines is 2. The Morgan fingerprint density at radius 2 is 1.56 bits per heavy atom. The van der Waals surface area contributed by atoms with Crippen molar-refractivity contribution in [2.24, 2.45) is 0 Å². The largest absolute Gasteiger partial charge is 0.321 e. The standard InChI is InChI=1S/C18H15FN4O3S/c1-12-10-21-17(11-20-12)18(24)22-14-4-6-15(7-5-14)23-27(25,26)16-8-2-13(19)3-9-16/h2-11,23H,1H3,(H,22,24). The van der Waals surface area contributed by atoms with Gasteiger partial charge in [-0.1, -0.05) is 0 Å². The zero-order valence-electron chi connectivity index (χ0n) is 14.2. The number of aryl methyl sites for hydroxylation is 1. The molecule has 138 valence electrons. The first-order valence-corrected chi connectivity index (χ1v) is 9.30. The summed E-state index contributed by atoms with van der Waals surface area (Å²) in [5.41, 5.74) is 1.63. The molecule has 0 unspecified atom stereocenters. The second kappa shape index (κ2) is 7.50. The van der Waals surface area contributed by atoms with Gasteiger partial charge in [0.05, 0.1) is 16.8 Å². The van der Waals surface area contributed by atoms with Crippen LogP contribution >= 0.6 is 0 Å². The molecule has 0 aliphatic rings. The van der Waals surface area contributed by atoms with E-state index in [-0.39, 0.29) is 10.6 Å². The smallest absolute Gasteiger partial charge is 0.275 e. The Kier molecular flexibility index (Phi) is 5.13. The molecule has 0 aliphatic carbocycles. The van der Waals surface area contributed by atoms with E-state index in [4.69, 9.17) is 0 Å². The van der Waals surface area contributed by atoms with Gasteiger partial charge in [0, 0.05) is 17.6 Å². The molecule has 1 amide bonds. The Morgan fingerprint density at radius 1 is 0.926 bits per heavy atom. The van der Waals surface area contributed by atoms with Crippen molar-refractivity contribution < 1.29 is 17.6 Å². The molecule has 1 aromatic heterocycles. The van der Waals surface area contributed by atoms with Crippen LogP contribution in [0.25, 0.3) is 0 Å². The number of rotatable bonds is 5. The average Bonchev–Trinajstić information content (AvgIpc) is 2.64. The predicted octanol–water partition coefficient (Wildman–Crippen LogP) is 2.98. The van der Waals surface area contributed by atoms with E-state index in [1.165, 1.54) is 36.7 Å². The van der Waals surface area contributed by atoms with Crippen molar-refractivity contribution in [2.75, 3.05) is 10.0 Å². The molecule has 27 heavy (non-hydrogen) atoms. The SMILES string of the molecule is Cc1cnc(C(=O)Nc2ccc(NS(=O)(=O)c3ccc(F)cc3)cc2)cn1. The zero-order valence-corrected chi connectivity index (χ0v) is 15.0. The van der Waals surface area contributed by atoms with Gasteiger partial charge in [-0.2, -0.15) is 0 Å². The van der Waals surface area contributed by atoms with E-state index >= 15 is 0 Å². The van der Waals surface area contributed by atoms with Gasteiger partial charge in [-0.05, 0) is 55.5 Å². The second-order valence-corrected chi connectivity index (χ2v) is 7.32. The van der Waals surface area contributed by atoms with E-state index in [0.29, 0.717) is 17.1 Å². The van der Waals surface area contributed by atoms with Crippen LogP contribution in [0.3, 0.4) is 0 Å². The van der Waals surface area contributed by atoms with Gasteiger partial charge in [0.1, 0.15) is 11.5 Å². The summed E-state index contributed by atoms with van der Waals surface area (Å²) in [6.07, 6.45) is 2.86. The summed E-state index contributed by atoms with van der Waals surface area (Å²) >= 11 is 0. The second-order valence-electron chi connectivity index (χ2n) is 5.63. The molecule has 2 N–H and O–H groups in total. The Balaban J connectivity index is 1.69. The molecule has 9 heteroatoms. The lowest BCUT2D eigenvalue weighted by Gasteiger charge is -2.09. The van der Waals surface area contributed by atoms with Crippen LogP contribution in [0.1, 0.15) is 16.2 Å². The molecule has 0 atom stereocenters. The van der Waals surface area contributed by atoms with Crippen LogP contribution in [-0.2, 0) is 10.0 Å². The van der Waals surface area contributed by atoms with E-state index in [2.05, 4.69) is 20.0 Å². The molecule has 0 aliphatic heterocycles. The Bertz CT molecular complexity index is 1050. The number of carbonyl (C=O) groups excluding carboxylic acids is 1. The molecule has 7 nitrogen and oxygen atoms in total. The lowest BCUT2D eigenvalue weighted by molar-refractivity contribution is 0.102. The topological polar surface area (TPSA) is 101 Å². The maximum Gasteiger partial charge on any atom is 0.275 e.